The van der Waals surface area contributed by atoms with E-state index in [0.717, 1.165) is 5.75 Å². The van der Waals surface area contributed by atoms with Gasteiger partial charge in [0, 0.05) is 17.3 Å². The van der Waals surface area contributed by atoms with Crippen LogP contribution in [-0.2, 0) is 0 Å². The van der Waals surface area contributed by atoms with Gasteiger partial charge >= 0.3 is 0 Å². The van der Waals surface area contributed by atoms with E-state index in [1.807, 2.05) is 0 Å². The van der Waals surface area contributed by atoms with Crippen molar-refractivity contribution in [2.45, 2.75) is 84.0 Å². The molecule has 0 heterocycles. The summed E-state index contributed by atoms with van der Waals surface area (Å²) in [5, 5.41) is 0. The molecule has 4 heteroatoms. The van der Waals surface area contributed by atoms with E-state index in [1.54, 1.807) is 0 Å². The molecule has 0 spiro atoms. The van der Waals surface area contributed by atoms with Gasteiger partial charge in [0.05, 0.1) is 0 Å². The molecule has 0 saturated heterocycles. The minimum atomic E-state index is 1.03. The van der Waals surface area contributed by atoms with Crippen LogP contribution in [0.1, 0.15) is 84.0 Å². The molecule has 0 N–H and O–H groups in total. The van der Waals surface area contributed by atoms with Gasteiger partial charge in [-0.1, -0.05) is 64.7 Å². The van der Waals surface area contributed by atoms with Crippen molar-refractivity contribution in [3.63, 3.8) is 0 Å². The van der Waals surface area contributed by atoms with Crippen LogP contribution in [0.25, 0.3) is 0 Å². The fourth-order valence-corrected chi connectivity index (χ4v) is 5.88. The SMILES string of the molecule is CCCCCCCCSCCSCCCCCCCCSCCS. The maximum Gasteiger partial charge on any atom is 0.00235 e. The molecule has 0 aliphatic heterocycles. The third kappa shape index (κ3) is 23.4. The molecule has 0 aromatic rings. The van der Waals surface area contributed by atoms with Gasteiger partial charge in [-0.3, -0.25) is 0 Å². The Bertz CT molecular complexity index is 190. The van der Waals surface area contributed by atoms with Crippen LogP contribution in [0.3, 0.4) is 0 Å². The van der Waals surface area contributed by atoms with Crippen LogP contribution < -0.4 is 0 Å². The summed E-state index contributed by atoms with van der Waals surface area (Å²) in [6, 6.07) is 0. The molecule has 0 radical (unpaired) electrons. The first-order valence-electron chi connectivity index (χ1n) is 10.3. The molecule has 0 unspecified atom stereocenters. The van der Waals surface area contributed by atoms with E-state index in [2.05, 4.69) is 54.8 Å². The van der Waals surface area contributed by atoms with Crippen molar-refractivity contribution in [2.75, 3.05) is 40.3 Å². The minimum absolute atomic E-state index is 1.03. The van der Waals surface area contributed by atoms with Gasteiger partial charge in [0.2, 0.25) is 0 Å². The van der Waals surface area contributed by atoms with E-state index >= 15 is 0 Å². The summed E-state index contributed by atoms with van der Waals surface area (Å²) in [5.74, 6) is 9.09. The predicted molar refractivity (Wildman–Crippen MR) is 127 cm³/mol. The average molecular weight is 411 g/mol. The molecule has 0 atom stereocenters. The lowest BCUT2D eigenvalue weighted by Gasteiger charge is -2.04. The fourth-order valence-electron chi connectivity index (χ4n) is 2.59. The topological polar surface area (TPSA) is 0 Å². The molecule has 146 valence electrons. The third-order valence-corrected chi connectivity index (χ3v) is 8.07. The van der Waals surface area contributed by atoms with Gasteiger partial charge in [-0.2, -0.15) is 47.9 Å². The van der Waals surface area contributed by atoms with Crippen LogP contribution in [0.5, 0.6) is 0 Å². The zero-order valence-electron chi connectivity index (χ0n) is 16.1. The lowest BCUT2D eigenvalue weighted by Crippen LogP contribution is -1.90. The Morgan fingerprint density at radius 2 is 0.833 bits per heavy atom. The monoisotopic (exact) mass is 410 g/mol. The highest BCUT2D eigenvalue weighted by molar-refractivity contribution is 8.02. The van der Waals surface area contributed by atoms with Crippen LogP contribution in [-0.4, -0.2) is 40.3 Å². The smallest absolute Gasteiger partial charge is 0.00235 e. The molecule has 24 heavy (non-hydrogen) atoms. The Kier molecular flexibility index (Phi) is 25.8. The van der Waals surface area contributed by atoms with E-state index in [-0.39, 0.29) is 0 Å². The van der Waals surface area contributed by atoms with Crippen LogP contribution in [0.2, 0.25) is 0 Å². The van der Waals surface area contributed by atoms with E-state index in [4.69, 9.17) is 0 Å². The van der Waals surface area contributed by atoms with Crippen LogP contribution in [0.4, 0.5) is 0 Å². The van der Waals surface area contributed by atoms with Crippen molar-refractivity contribution in [1.82, 2.24) is 0 Å². The molecule has 0 aliphatic rings. The number of thioether (sulfide) groups is 3. The van der Waals surface area contributed by atoms with Crippen molar-refractivity contribution in [2.24, 2.45) is 0 Å². The van der Waals surface area contributed by atoms with Gasteiger partial charge < -0.3 is 0 Å². The van der Waals surface area contributed by atoms with Gasteiger partial charge in [-0.15, -0.1) is 0 Å². The largest absolute Gasteiger partial charge is 0.179 e. The van der Waals surface area contributed by atoms with E-state index in [9.17, 15) is 0 Å². The van der Waals surface area contributed by atoms with Gasteiger partial charge in [0.1, 0.15) is 0 Å². The Balaban J connectivity index is 2.93. The molecule has 0 aromatic heterocycles. The first kappa shape index (κ1) is 25.4. The van der Waals surface area contributed by atoms with Gasteiger partial charge in [0.15, 0.2) is 0 Å². The highest BCUT2D eigenvalue weighted by Gasteiger charge is 1.95. The molecule has 0 amide bonds. The summed E-state index contributed by atoms with van der Waals surface area (Å²) in [6.45, 7) is 2.29. The number of hydrogen-bond acceptors (Lipinski definition) is 4. The highest BCUT2D eigenvalue weighted by Crippen LogP contribution is 2.14. The van der Waals surface area contributed by atoms with Crippen molar-refractivity contribution in [3.05, 3.63) is 0 Å². The van der Waals surface area contributed by atoms with Crippen molar-refractivity contribution >= 4 is 47.9 Å². The first-order chi connectivity index (χ1) is 11.9. The maximum atomic E-state index is 4.24. The Labute approximate surface area is 171 Å². The Hall–Kier alpha value is 1.40. The van der Waals surface area contributed by atoms with Crippen LogP contribution in [0.15, 0.2) is 0 Å². The van der Waals surface area contributed by atoms with Gasteiger partial charge in [-0.25, -0.2) is 0 Å². The molecule has 0 aliphatic carbocycles. The lowest BCUT2D eigenvalue weighted by molar-refractivity contribution is 0.627. The number of rotatable bonds is 21. The average Bonchev–Trinajstić information content (AvgIpc) is 2.60. The summed E-state index contributed by atoms with van der Waals surface area (Å²) in [6.07, 6.45) is 17.2. The summed E-state index contributed by atoms with van der Waals surface area (Å²) in [7, 11) is 0. The van der Waals surface area contributed by atoms with Crippen molar-refractivity contribution < 1.29 is 0 Å². The molecular formula is C20H42S4. The quantitative estimate of drug-likeness (QED) is 0.151. The molecule has 0 nitrogen and oxygen atoms in total. The molecule has 0 bridgehead atoms. The summed E-state index contributed by atoms with van der Waals surface area (Å²) >= 11 is 10.6. The number of hydrogen-bond donors (Lipinski definition) is 1. The summed E-state index contributed by atoms with van der Waals surface area (Å²) in [5.41, 5.74) is 0. The fraction of sp³-hybridized carbons (Fsp3) is 1.00. The predicted octanol–water partition coefficient (Wildman–Crippen LogP) is 7.82. The molecular weight excluding hydrogens is 368 g/mol. The summed E-state index contributed by atoms with van der Waals surface area (Å²) < 4.78 is 0. The number of unbranched alkanes of at least 4 members (excludes halogenated alkanes) is 10. The second-order valence-electron chi connectivity index (χ2n) is 6.45. The lowest BCUT2D eigenvalue weighted by atomic mass is 10.1. The Morgan fingerprint density at radius 3 is 1.25 bits per heavy atom. The zero-order chi connectivity index (χ0) is 17.6. The second kappa shape index (κ2) is 24.4. The zero-order valence-corrected chi connectivity index (χ0v) is 19.5. The van der Waals surface area contributed by atoms with Crippen LogP contribution in [0, 0.1) is 0 Å². The number of thiol groups is 1. The van der Waals surface area contributed by atoms with Crippen molar-refractivity contribution in [3.8, 4) is 0 Å². The van der Waals surface area contributed by atoms with Crippen LogP contribution >= 0.6 is 47.9 Å². The van der Waals surface area contributed by atoms with E-state index < -0.39 is 0 Å². The van der Waals surface area contributed by atoms with Gasteiger partial charge in [-0.05, 0) is 42.3 Å². The molecule has 0 rings (SSSR count). The molecule has 0 aromatic carbocycles. The highest BCUT2D eigenvalue weighted by atomic mass is 32.2. The summed E-state index contributed by atoms with van der Waals surface area (Å²) in [4.78, 5) is 0. The molecule has 0 saturated carbocycles. The minimum Gasteiger partial charge on any atom is -0.179 e. The molecule has 0 fully saturated rings. The van der Waals surface area contributed by atoms with Crippen molar-refractivity contribution in [1.29, 1.82) is 0 Å². The van der Waals surface area contributed by atoms with E-state index in [1.165, 1.54) is 112 Å². The van der Waals surface area contributed by atoms with E-state index in [0.29, 0.717) is 0 Å². The second-order valence-corrected chi connectivity index (χ2v) is 10.6. The third-order valence-electron chi connectivity index (χ3n) is 4.08. The normalized spacial score (nSPS) is 11.2. The standard InChI is InChI=1S/C20H42S4/c1-2-3-4-5-8-12-16-23-19-20-24-17-13-10-7-6-9-11-15-22-18-14-21/h21H,2-20H2,1H3. The maximum absolute atomic E-state index is 4.24. The Morgan fingerprint density at radius 1 is 0.458 bits per heavy atom. The van der Waals surface area contributed by atoms with Gasteiger partial charge in [0.25, 0.3) is 0 Å². The first-order valence-corrected chi connectivity index (χ1v) is 14.4.